The zero-order valence-corrected chi connectivity index (χ0v) is 9.06. The molecule has 0 bridgehead atoms. The lowest BCUT2D eigenvalue weighted by atomic mass is 9.66. The van der Waals surface area contributed by atoms with Crippen LogP contribution in [0.25, 0.3) is 0 Å². The Kier molecular flexibility index (Phi) is 3.16. The fourth-order valence-electron chi connectivity index (χ4n) is 2.01. The van der Waals surface area contributed by atoms with Crippen LogP contribution in [-0.4, -0.2) is 24.5 Å². The van der Waals surface area contributed by atoms with Gasteiger partial charge >= 0.3 is 0 Å². The van der Waals surface area contributed by atoms with Gasteiger partial charge in [-0.2, -0.15) is 0 Å². The van der Waals surface area contributed by atoms with E-state index in [2.05, 4.69) is 32.7 Å². The highest BCUT2D eigenvalue weighted by molar-refractivity contribution is 4.89. The second-order valence-corrected chi connectivity index (χ2v) is 4.72. The molecule has 1 saturated carbocycles. The highest BCUT2D eigenvalue weighted by Crippen LogP contribution is 2.44. The van der Waals surface area contributed by atoms with Gasteiger partial charge in [0.15, 0.2) is 0 Å². The first kappa shape index (κ1) is 10.0. The fourth-order valence-corrected chi connectivity index (χ4v) is 2.01. The Hall–Kier alpha value is -0.0400. The SMILES string of the molecule is CCC1(CN(C)C(C)C)CCC1. The van der Waals surface area contributed by atoms with Crippen molar-refractivity contribution >= 4 is 0 Å². The molecule has 1 fully saturated rings. The molecule has 0 saturated heterocycles. The lowest BCUT2D eigenvalue weighted by Gasteiger charge is -2.44. The normalized spacial score (nSPS) is 21.5. The summed E-state index contributed by atoms with van der Waals surface area (Å²) < 4.78 is 0. The van der Waals surface area contributed by atoms with Crippen LogP contribution in [0.1, 0.15) is 46.5 Å². The van der Waals surface area contributed by atoms with Gasteiger partial charge in [-0.25, -0.2) is 0 Å². The predicted octanol–water partition coefficient (Wildman–Crippen LogP) is 2.91. The second kappa shape index (κ2) is 3.78. The summed E-state index contributed by atoms with van der Waals surface area (Å²) in [5.41, 5.74) is 0.693. The van der Waals surface area contributed by atoms with Gasteiger partial charge in [0.2, 0.25) is 0 Å². The lowest BCUT2D eigenvalue weighted by Crippen LogP contribution is -2.42. The zero-order chi connectivity index (χ0) is 9.19. The third-order valence-electron chi connectivity index (χ3n) is 3.63. The molecule has 0 radical (unpaired) electrons. The van der Waals surface area contributed by atoms with Crippen LogP contribution in [0, 0.1) is 5.41 Å². The van der Waals surface area contributed by atoms with Crippen molar-refractivity contribution in [1.29, 1.82) is 0 Å². The molecule has 1 aliphatic rings. The summed E-state index contributed by atoms with van der Waals surface area (Å²) >= 11 is 0. The van der Waals surface area contributed by atoms with Gasteiger partial charge in [0.05, 0.1) is 0 Å². The monoisotopic (exact) mass is 169 g/mol. The van der Waals surface area contributed by atoms with E-state index >= 15 is 0 Å². The third-order valence-corrected chi connectivity index (χ3v) is 3.63. The first-order valence-electron chi connectivity index (χ1n) is 5.30. The van der Waals surface area contributed by atoms with Crippen LogP contribution in [0.3, 0.4) is 0 Å². The van der Waals surface area contributed by atoms with Crippen molar-refractivity contribution in [2.24, 2.45) is 5.41 Å². The van der Waals surface area contributed by atoms with Gasteiger partial charge in [-0.15, -0.1) is 0 Å². The average Bonchev–Trinajstić information content (AvgIpc) is 1.96. The van der Waals surface area contributed by atoms with E-state index in [-0.39, 0.29) is 0 Å². The molecule has 0 amide bonds. The van der Waals surface area contributed by atoms with E-state index in [4.69, 9.17) is 0 Å². The van der Waals surface area contributed by atoms with E-state index in [0.29, 0.717) is 11.5 Å². The second-order valence-electron chi connectivity index (χ2n) is 4.72. The molecular weight excluding hydrogens is 146 g/mol. The molecule has 72 valence electrons. The average molecular weight is 169 g/mol. The quantitative estimate of drug-likeness (QED) is 0.625. The van der Waals surface area contributed by atoms with Crippen molar-refractivity contribution in [2.75, 3.05) is 13.6 Å². The Balaban J connectivity index is 2.37. The van der Waals surface area contributed by atoms with E-state index in [1.165, 1.54) is 32.2 Å². The Morgan fingerprint density at radius 2 is 1.92 bits per heavy atom. The van der Waals surface area contributed by atoms with Crippen LogP contribution in [0.15, 0.2) is 0 Å². The number of nitrogens with zero attached hydrogens (tertiary/aromatic N) is 1. The van der Waals surface area contributed by atoms with Gasteiger partial charge in [0, 0.05) is 12.6 Å². The van der Waals surface area contributed by atoms with Crippen LogP contribution >= 0.6 is 0 Å². The molecule has 0 aromatic carbocycles. The van der Waals surface area contributed by atoms with Crippen LogP contribution in [0.2, 0.25) is 0 Å². The van der Waals surface area contributed by atoms with Crippen LogP contribution in [0.4, 0.5) is 0 Å². The summed E-state index contributed by atoms with van der Waals surface area (Å²) in [6, 6.07) is 0.703. The number of hydrogen-bond acceptors (Lipinski definition) is 1. The summed E-state index contributed by atoms with van der Waals surface area (Å²) in [6.45, 7) is 8.21. The third kappa shape index (κ3) is 2.01. The van der Waals surface area contributed by atoms with Crippen molar-refractivity contribution in [3.05, 3.63) is 0 Å². The number of rotatable bonds is 4. The van der Waals surface area contributed by atoms with Crippen molar-refractivity contribution in [1.82, 2.24) is 4.90 Å². The van der Waals surface area contributed by atoms with E-state index in [0.717, 1.165) is 0 Å². The van der Waals surface area contributed by atoms with E-state index < -0.39 is 0 Å². The first-order valence-corrected chi connectivity index (χ1v) is 5.30. The standard InChI is InChI=1S/C11H23N/c1-5-11(7-6-8-11)9-12(4)10(2)3/h10H,5-9H2,1-4H3. The molecule has 0 aromatic heterocycles. The van der Waals surface area contributed by atoms with E-state index in [1.807, 2.05) is 0 Å². The lowest BCUT2D eigenvalue weighted by molar-refractivity contribution is 0.0616. The summed E-state index contributed by atoms with van der Waals surface area (Å²) in [5.74, 6) is 0. The smallest absolute Gasteiger partial charge is 0.00375 e. The van der Waals surface area contributed by atoms with Crippen LogP contribution in [0.5, 0.6) is 0 Å². The molecule has 0 atom stereocenters. The minimum absolute atomic E-state index is 0.693. The molecule has 0 spiro atoms. The molecule has 0 aliphatic heterocycles. The molecular formula is C11H23N. The molecule has 1 nitrogen and oxygen atoms in total. The van der Waals surface area contributed by atoms with E-state index in [1.54, 1.807) is 0 Å². The Morgan fingerprint density at radius 3 is 2.17 bits per heavy atom. The predicted molar refractivity (Wildman–Crippen MR) is 54.3 cm³/mol. The van der Waals surface area contributed by atoms with Gasteiger partial charge in [0.25, 0.3) is 0 Å². The van der Waals surface area contributed by atoms with Gasteiger partial charge < -0.3 is 4.90 Å². The van der Waals surface area contributed by atoms with Crippen molar-refractivity contribution in [3.63, 3.8) is 0 Å². The minimum atomic E-state index is 0.693. The fraction of sp³-hybridized carbons (Fsp3) is 1.00. The molecule has 12 heavy (non-hydrogen) atoms. The van der Waals surface area contributed by atoms with Crippen molar-refractivity contribution in [2.45, 2.75) is 52.5 Å². The van der Waals surface area contributed by atoms with E-state index in [9.17, 15) is 0 Å². The Bertz CT molecular complexity index is 130. The topological polar surface area (TPSA) is 3.24 Å². The summed E-state index contributed by atoms with van der Waals surface area (Å²) in [7, 11) is 2.25. The Morgan fingerprint density at radius 1 is 1.33 bits per heavy atom. The molecule has 0 unspecified atom stereocenters. The molecule has 1 heteroatoms. The van der Waals surface area contributed by atoms with Gasteiger partial charge in [-0.1, -0.05) is 13.3 Å². The maximum absolute atomic E-state index is 2.49. The largest absolute Gasteiger partial charge is 0.303 e. The van der Waals surface area contributed by atoms with Crippen molar-refractivity contribution < 1.29 is 0 Å². The van der Waals surface area contributed by atoms with Gasteiger partial charge in [-0.05, 0) is 45.6 Å². The summed E-state index contributed by atoms with van der Waals surface area (Å²) in [5, 5.41) is 0. The number of hydrogen-bond donors (Lipinski definition) is 0. The molecule has 1 aliphatic carbocycles. The van der Waals surface area contributed by atoms with Crippen molar-refractivity contribution in [3.8, 4) is 0 Å². The molecule has 0 N–H and O–H groups in total. The maximum atomic E-state index is 2.49. The molecule has 0 aromatic rings. The molecule has 1 rings (SSSR count). The zero-order valence-electron chi connectivity index (χ0n) is 9.06. The van der Waals surface area contributed by atoms with Gasteiger partial charge in [0.1, 0.15) is 0 Å². The Labute approximate surface area is 77.1 Å². The first-order chi connectivity index (χ1) is 5.59. The van der Waals surface area contributed by atoms with Crippen LogP contribution < -0.4 is 0 Å². The highest BCUT2D eigenvalue weighted by atomic mass is 15.1. The highest BCUT2D eigenvalue weighted by Gasteiger charge is 2.36. The molecule has 0 heterocycles. The summed E-state index contributed by atoms with van der Waals surface area (Å²) in [6.07, 6.45) is 5.74. The maximum Gasteiger partial charge on any atom is 0.00375 e. The van der Waals surface area contributed by atoms with Gasteiger partial charge in [-0.3, -0.25) is 0 Å². The van der Waals surface area contributed by atoms with Crippen LogP contribution in [-0.2, 0) is 0 Å². The summed E-state index contributed by atoms with van der Waals surface area (Å²) in [4.78, 5) is 2.49. The minimum Gasteiger partial charge on any atom is -0.303 e.